The molecule has 3 aliphatic rings. The summed E-state index contributed by atoms with van der Waals surface area (Å²) in [5.74, 6) is 1.93. The fourth-order valence-corrected chi connectivity index (χ4v) is 2.23. The van der Waals surface area contributed by atoms with Crippen molar-refractivity contribution in [3.05, 3.63) is 0 Å². The maximum Gasteiger partial charge on any atom is 0.0154 e. The van der Waals surface area contributed by atoms with Gasteiger partial charge in [0, 0.05) is 5.54 Å². The summed E-state index contributed by atoms with van der Waals surface area (Å²) in [7, 11) is 0. The topological polar surface area (TPSA) is 26.0 Å². The zero-order chi connectivity index (χ0) is 6.48. The van der Waals surface area contributed by atoms with E-state index in [-0.39, 0.29) is 5.54 Å². The van der Waals surface area contributed by atoms with Crippen LogP contribution in [0.2, 0.25) is 0 Å². The minimum absolute atomic E-state index is 0.203. The van der Waals surface area contributed by atoms with Crippen LogP contribution in [0, 0.1) is 11.8 Å². The van der Waals surface area contributed by atoms with Gasteiger partial charge in [-0.15, -0.1) is 0 Å². The van der Waals surface area contributed by atoms with Crippen molar-refractivity contribution in [1.29, 1.82) is 0 Å². The van der Waals surface area contributed by atoms with Gasteiger partial charge in [-0.3, -0.25) is 0 Å². The molecule has 2 N–H and O–H groups in total. The maximum absolute atomic E-state index is 6.06. The summed E-state index contributed by atoms with van der Waals surface area (Å²) in [6.07, 6.45) is 5.51. The molecule has 3 aliphatic carbocycles. The minimum Gasteiger partial charge on any atom is -0.325 e. The quantitative estimate of drug-likeness (QED) is 0.522. The lowest BCUT2D eigenvalue weighted by Crippen LogP contribution is -2.54. The van der Waals surface area contributed by atoms with Crippen LogP contribution in [0.15, 0.2) is 0 Å². The van der Waals surface area contributed by atoms with E-state index in [1.54, 1.807) is 0 Å². The molecule has 1 nitrogen and oxygen atoms in total. The smallest absolute Gasteiger partial charge is 0.0154 e. The molecule has 0 aromatic rings. The first-order valence-corrected chi connectivity index (χ1v) is 3.97. The van der Waals surface area contributed by atoms with Crippen molar-refractivity contribution < 1.29 is 0 Å². The standard InChI is InChI=1S/C8H15N/c1-8(9)3-2-6-4-7(8)5-6/h6-7H,2-5,9H2,1H3. The second-order valence-electron chi connectivity index (χ2n) is 4.08. The summed E-state index contributed by atoms with van der Waals surface area (Å²) >= 11 is 0. The van der Waals surface area contributed by atoms with Crippen molar-refractivity contribution >= 4 is 0 Å². The highest BCUT2D eigenvalue weighted by atomic mass is 14.8. The Hall–Kier alpha value is -0.0400. The fourth-order valence-electron chi connectivity index (χ4n) is 2.23. The van der Waals surface area contributed by atoms with Crippen LogP contribution >= 0.6 is 0 Å². The molecule has 0 spiro atoms. The Morgan fingerprint density at radius 1 is 1.44 bits per heavy atom. The van der Waals surface area contributed by atoms with E-state index < -0.39 is 0 Å². The minimum atomic E-state index is 0.203. The molecular weight excluding hydrogens is 110 g/mol. The molecule has 3 fully saturated rings. The Balaban J connectivity index is 2.10. The van der Waals surface area contributed by atoms with Gasteiger partial charge in [-0.1, -0.05) is 0 Å². The molecule has 1 heteroatoms. The summed E-state index contributed by atoms with van der Waals surface area (Å²) in [5.41, 5.74) is 6.26. The molecule has 3 rings (SSSR count). The Bertz CT molecular complexity index is 120. The van der Waals surface area contributed by atoms with Crippen LogP contribution in [-0.4, -0.2) is 5.54 Å². The zero-order valence-electron chi connectivity index (χ0n) is 6.06. The summed E-state index contributed by atoms with van der Waals surface area (Å²) < 4.78 is 0. The van der Waals surface area contributed by atoms with Gasteiger partial charge >= 0.3 is 0 Å². The van der Waals surface area contributed by atoms with E-state index >= 15 is 0 Å². The summed E-state index contributed by atoms with van der Waals surface area (Å²) in [5, 5.41) is 0. The first-order chi connectivity index (χ1) is 4.18. The van der Waals surface area contributed by atoms with E-state index in [1.807, 2.05) is 0 Å². The molecule has 0 amide bonds. The van der Waals surface area contributed by atoms with Gasteiger partial charge in [0.15, 0.2) is 0 Å². The highest BCUT2D eigenvalue weighted by Crippen LogP contribution is 2.49. The van der Waals surface area contributed by atoms with Crippen LogP contribution in [-0.2, 0) is 0 Å². The molecule has 0 radical (unpaired) electrons. The molecule has 1 unspecified atom stereocenters. The number of rotatable bonds is 0. The molecule has 9 heavy (non-hydrogen) atoms. The highest BCUT2D eigenvalue weighted by molar-refractivity contribution is 5.00. The SMILES string of the molecule is CC1(N)CCC2CC1C2. The average molecular weight is 125 g/mol. The van der Waals surface area contributed by atoms with Crippen molar-refractivity contribution in [1.82, 2.24) is 0 Å². The van der Waals surface area contributed by atoms with Crippen LogP contribution in [0.25, 0.3) is 0 Å². The second-order valence-corrected chi connectivity index (χ2v) is 4.08. The van der Waals surface area contributed by atoms with Gasteiger partial charge in [0.25, 0.3) is 0 Å². The first kappa shape index (κ1) is 5.72. The van der Waals surface area contributed by atoms with Gasteiger partial charge in [-0.05, 0) is 44.4 Å². The van der Waals surface area contributed by atoms with Gasteiger partial charge in [-0.25, -0.2) is 0 Å². The lowest BCUT2D eigenvalue weighted by Gasteiger charge is -2.51. The van der Waals surface area contributed by atoms with Crippen molar-refractivity contribution in [2.45, 2.75) is 38.1 Å². The Morgan fingerprint density at radius 2 is 2.11 bits per heavy atom. The molecule has 0 aliphatic heterocycles. The lowest BCUT2D eigenvalue weighted by atomic mass is 9.57. The van der Waals surface area contributed by atoms with E-state index in [0.29, 0.717) is 0 Å². The van der Waals surface area contributed by atoms with E-state index in [4.69, 9.17) is 5.73 Å². The number of nitrogens with two attached hydrogens (primary N) is 1. The fraction of sp³-hybridized carbons (Fsp3) is 1.00. The van der Waals surface area contributed by atoms with E-state index in [1.165, 1.54) is 25.7 Å². The van der Waals surface area contributed by atoms with E-state index in [2.05, 4.69) is 6.92 Å². The summed E-state index contributed by atoms with van der Waals surface area (Å²) in [4.78, 5) is 0. The Morgan fingerprint density at radius 3 is 2.33 bits per heavy atom. The van der Waals surface area contributed by atoms with E-state index in [0.717, 1.165) is 11.8 Å². The third-order valence-corrected chi connectivity index (χ3v) is 3.26. The molecule has 0 aromatic carbocycles. The lowest BCUT2D eigenvalue weighted by molar-refractivity contribution is 0.0368. The molecule has 2 bridgehead atoms. The van der Waals surface area contributed by atoms with Crippen LogP contribution in [0.4, 0.5) is 0 Å². The van der Waals surface area contributed by atoms with Gasteiger partial charge in [-0.2, -0.15) is 0 Å². The van der Waals surface area contributed by atoms with Crippen molar-refractivity contribution in [3.8, 4) is 0 Å². The van der Waals surface area contributed by atoms with Gasteiger partial charge < -0.3 is 5.73 Å². The molecule has 3 saturated carbocycles. The van der Waals surface area contributed by atoms with Crippen LogP contribution in [0.1, 0.15) is 32.6 Å². The van der Waals surface area contributed by atoms with Crippen LogP contribution in [0.5, 0.6) is 0 Å². The molecule has 0 saturated heterocycles. The third kappa shape index (κ3) is 0.710. The van der Waals surface area contributed by atoms with Crippen molar-refractivity contribution in [2.24, 2.45) is 17.6 Å². The average Bonchev–Trinajstić information content (AvgIpc) is 1.58. The van der Waals surface area contributed by atoms with Gasteiger partial charge in [0.2, 0.25) is 0 Å². The van der Waals surface area contributed by atoms with E-state index in [9.17, 15) is 0 Å². The summed E-state index contributed by atoms with van der Waals surface area (Å²) in [6.45, 7) is 2.22. The van der Waals surface area contributed by atoms with Crippen LogP contribution < -0.4 is 5.73 Å². The first-order valence-electron chi connectivity index (χ1n) is 3.97. The Kier molecular flexibility index (Phi) is 0.963. The molecule has 1 atom stereocenters. The predicted molar refractivity (Wildman–Crippen MR) is 38.0 cm³/mol. The number of hydrogen-bond acceptors (Lipinski definition) is 1. The highest BCUT2D eigenvalue weighted by Gasteiger charge is 2.44. The van der Waals surface area contributed by atoms with Crippen LogP contribution in [0.3, 0.4) is 0 Å². The van der Waals surface area contributed by atoms with Gasteiger partial charge in [0.05, 0.1) is 0 Å². The Labute approximate surface area is 56.6 Å². The normalized spacial score (nSPS) is 56.7. The monoisotopic (exact) mass is 125 g/mol. The summed E-state index contributed by atoms with van der Waals surface area (Å²) in [6, 6.07) is 0. The number of fused-ring (bicyclic) bond motifs is 2. The second kappa shape index (κ2) is 1.51. The molecule has 0 aromatic heterocycles. The maximum atomic E-state index is 6.06. The molecular formula is C8H15N. The van der Waals surface area contributed by atoms with Gasteiger partial charge in [0.1, 0.15) is 0 Å². The molecule has 0 heterocycles. The van der Waals surface area contributed by atoms with Crippen molar-refractivity contribution in [2.75, 3.05) is 0 Å². The largest absolute Gasteiger partial charge is 0.325 e. The molecule has 52 valence electrons. The third-order valence-electron chi connectivity index (χ3n) is 3.26. The zero-order valence-corrected chi connectivity index (χ0v) is 6.06. The number of hydrogen-bond donors (Lipinski definition) is 1. The predicted octanol–water partition coefficient (Wildman–Crippen LogP) is 1.52. The van der Waals surface area contributed by atoms with Crippen molar-refractivity contribution in [3.63, 3.8) is 0 Å².